The number of sulfonamides is 1. The summed E-state index contributed by atoms with van der Waals surface area (Å²) in [6.45, 7) is 0.323. The van der Waals surface area contributed by atoms with Crippen molar-refractivity contribution in [2.24, 2.45) is 0 Å². The zero-order valence-electron chi connectivity index (χ0n) is 11.2. The summed E-state index contributed by atoms with van der Waals surface area (Å²) in [5.74, 6) is 0. The SMILES string of the molecule is CN(Cc1ccncc1)S(=O)(=O)C=Cc1ccccc1. The standard InChI is InChI=1S/C15H16N2O2S/c1-17(13-15-7-10-16-11-8-15)20(18,19)12-9-14-5-3-2-4-6-14/h2-12H,13H2,1H3. The number of benzene rings is 1. The highest BCUT2D eigenvalue weighted by atomic mass is 32.2. The lowest BCUT2D eigenvalue weighted by Gasteiger charge is -2.14. The lowest BCUT2D eigenvalue weighted by molar-refractivity contribution is 0.475. The van der Waals surface area contributed by atoms with Crippen molar-refractivity contribution >= 4 is 16.1 Å². The molecule has 0 saturated heterocycles. The van der Waals surface area contributed by atoms with Gasteiger partial charge in [-0.3, -0.25) is 4.98 Å². The Hall–Kier alpha value is -1.98. The highest BCUT2D eigenvalue weighted by Crippen LogP contribution is 2.10. The van der Waals surface area contributed by atoms with E-state index in [-0.39, 0.29) is 0 Å². The molecule has 0 amide bonds. The Balaban J connectivity index is 2.08. The van der Waals surface area contributed by atoms with Crippen molar-refractivity contribution in [1.29, 1.82) is 0 Å². The molecule has 0 N–H and O–H groups in total. The van der Waals surface area contributed by atoms with Crippen LogP contribution in [0.4, 0.5) is 0 Å². The maximum atomic E-state index is 12.1. The van der Waals surface area contributed by atoms with E-state index in [1.54, 1.807) is 37.7 Å². The van der Waals surface area contributed by atoms with Crippen LogP contribution in [-0.2, 0) is 16.6 Å². The molecule has 0 radical (unpaired) electrons. The first-order valence-electron chi connectivity index (χ1n) is 6.16. The topological polar surface area (TPSA) is 50.3 Å². The predicted octanol–water partition coefficient (Wildman–Crippen LogP) is 2.51. The fraction of sp³-hybridized carbons (Fsp3) is 0.133. The quantitative estimate of drug-likeness (QED) is 0.849. The molecule has 0 saturated carbocycles. The van der Waals surface area contributed by atoms with Gasteiger partial charge < -0.3 is 0 Å². The van der Waals surface area contributed by atoms with E-state index in [1.807, 2.05) is 30.3 Å². The van der Waals surface area contributed by atoms with E-state index >= 15 is 0 Å². The van der Waals surface area contributed by atoms with E-state index in [4.69, 9.17) is 0 Å². The minimum Gasteiger partial charge on any atom is -0.265 e. The fourth-order valence-electron chi connectivity index (χ4n) is 1.67. The number of nitrogens with zero attached hydrogens (tertiary/aromatic N) is 2. The van der Waals surface area contributed by atoms with Gasteiger partial charge in [-0.25, -0.2) is 8.42 Å². The summed E-state index contributed by atoms with van der Waals surface area (Å²) in [4.78, 5) is 3.91. The molecule has 104 valence electrons. The van der Waals surface area contributed by atoms with Gasteiger partial charge in [0.05, 0.1) is 0 Å². The minimum absolute atomic E-state index is 0.323. The second-order valence-corrected chi connectivity index (χ2v) is 6.30. The van der Waals surface area contributed by atoms with Crippen LogP contribution in [0.5, 0.6) is 0 Å². The molecule has 0 aliphatic rings. The van der Waals surface area contributed by atoms with Crippen LogP contribution < -0.4 is 0 Å². The van der Waals surface area contributed by atoms with E-state index in [0.29, 0.717) is 6.54 Å². The van der Waals surface area contributed by atoms with Crippen LogP contribution in [0.25, 0.3) is 6.08 Å². The number of aromatic nitrogens is 1. The molecule has 0 bridgehead atoms. The van der Waals surface area contributed by atoms with E-state index in [2.05, 4.69) is 4.98 Å². The molecule has 0 atom stereocenters. The summed E-state index contributed by atoms with van der Waals surface area (Å²) in [5, 5.41) is 1.23. The summed E-state index contributed by atoms with van der Waals surface area (Å²) in [6, 6.07) is 12.9. The molecule has 2 rings (SSSR count). The van der Waals surface area contributed by atoms with Crippen molar-refractivity contribution in [3.05, 3.63) is 71.4 Å². The lowest BCUT2D eigenvalue weighted by atomic mass is 10.2. The van der Waals surface area contributed by atoms with E-state index < -0.39 is 10.0 Å². The van der Waals surface area contributed by atoms with E-state index in [9.17, 15) is 8.42 Å². The molecule has 0 fully saturated rings. The lowest BCUT2D eigenvalue weighted by Crippen LogP contribution is -2.24. The Morgan fingerprint density at radius 3 is 2.40 bits per heavy atom. The molecular weight excluding hydrogens is 272 g/mol. The predicted molar refractivity (Wildman–Crippen MR) is 80.1 cm³/mol. The third kappa shape index (κ3) is 4.01. The van der Waals surface area contributed by atoms with Crippen molar-refractivity contribution in [2.75, 3.05) is 7.05 Å². The molecule has 5 heteroatoms. The number of rotatable bonds is 5. The molecule has 0 aliphatic heterocycles. The molecule has 1 aromatic carbocycles. The first-order valence-corrected chi connectivity index (χ1v) is 7.66. The smallest absolute Gasteiger partial charge is 0.236 e. The normalized spacial score (nSPS) is 12.1. The van der Waals surface area contributed by atoms with Crippen LogP contribution in [0.1, 0.15) is 11.1 Å². The van der Waals surface area contributed by atoms with E-state index in [1.165, 1.54) is 9.71 Å². The molecule has 0 aliphatic carbocycles. The van der Waals surface area contributed by atoms with Gasteiger partial charge in [-0.05, 0) is 29.3 Å². The molecule has 4 nitrogen and oxygen atoms in total. The van der Waals surface area contributed by atoms with Crippen molar-refractivity contribution in [3.8, 4) is 0 Å². The average molecular weight is 288 g/mol. The largest absolute Gasteiger partial charge is 0.265 e. The third-order valence-electron chi connectivity index (χ3n) is 2.82. The summed E-state index contributed by atoms with van der Waals surface area (Å²) in [6.07, 6.45) is 4.89. The number of hydrogen-bond acceptors (Lipinski definition) is 3. The van der Waals surface area contributed by atoms with Crippen molar-refractivity contribution in [2.45, 2.75) is 6.54 Å². The van der Waals surface area contributed by atoms with Gasteiger partial charge in [-0.15, -0.1) is 0 Å². The monoisotopic (exact) mass is 288 g/mol. The minimum atomic E-state index is -3.42. The van der Waals surface area contributed by atoms with Gasteiger partial charge in [-0.1, -0.05) is 30.3 Å². The van der Waals surface area contributed by atoms with Gasteiger partial charge >= 0.3 is 0 Å². The van der Waals surface area contributed by atoms with E-state index in [0.717, 1.165) is 11.1 Å². The van der Waals surface area contributed by atoms with Gasteiger partial charge in [0, 0.05) is 31.4 Å². The molecule has 0 unspecified atom stereocenters. The maximum Gasteiger partial charge on any atom is 0.236 e. The zero-order chi connectivity index (χ0) is 14.4. The zero-order valence-corrected chi connectivity index (χ0v) is 12.0. The highest BCUT2D eigenvalue weighted by Gasteiger charge is 2.14. The van der Waals surface area contributed by atoms with Crippen LogP contribution in [0.2, 0.25) is 0 Å². The Morgan fingerprint density at radius 2 is 1.75 bits per heavy atom. The van der Waals surface area contributed by atoms with Gasteiger partial charge in [-0.2, -0.15) is 4.31 Å². The number of pyridine rings is 1. The summed E-state index contributed by atoms with van der Waals surface area (Å²) < 4.78 is 25.6. The summed E-state index contributed by atoms with van der Waals surface area (Å²) >= 11 is 0. The fourth-order valence-corrected chi connectivity index (χ4v) is 2.53. The Labute approximate surface area is 119 Å². The summed E-state index contributed by atoms with van der Waals surface area (Å²) in [5.41, 5.74) is 1.76. The Bertz CT molecular complexity index is 668. The van der Waals surface area contributed by atoms with Gasteiger partial charge in [0.2, 0.25) is 10.0 Å². The molecular formula is C15H16N2O2S. The first-order chi connectivity index (χ1) is 9.58. The molecule has 20 heavy (non-hydrogen) atoms. The van der Waals surface area contributed by atoms with Crippen LogP contribution in [0, 0.1) is 0 Å². The highest BCUT2D eigenvalue weighted by molar-refractivity contribution is 7.92. The molecule has 2 aromatic rings. The second kappa shape index (κ2) is 6.45. The van der Waals surface area contributed by atoms with Gasteiger partial charge in [0.15, 0.2) is 0 Å². The van der Waals surface area contributed by atoms with Crippen LogP contribution in [-0.4, -0.2) is 24.8 Å². The Morgan fingerprint density at radius 1 is 1.10 bits per heavy atom. The maximum absolute atomic E-state index is 12.1. The van der Waals surface area contributed by atoms with Crippen LogP contribution in [0.3, 0.4) is 0 Å². The van der Waals surface area contributed by atoms with Gasteiger partial charge in [0.1, 0.15) is 0 Å². The van der Waals surface area contributed by atoms with Crippen molar-refractivity contribution in [3.63, 3.8) is 0 Å². The first kappa shape index (κ1) is 14.4. The van der Waals surface area contributed by atoms with Crippen molar-refractivity contribution < 1.29 is 8.42 Å². The molecule has 1 heterocycles. The van der Waals surface area contributed by atoms with Crippen LogP contribution in [0.15, 0.2) is 60.3 Å². The number of hydrogen-bond donors (Lipinski definition) is 0. The second-order valence-electron chi connectivity index (χ2n) is 4.37. The molecule has 0 spiro atoms. The Kier molecular flexibility index (Phi) is 4.65. The summed E-state index contributed by atoms with van der Waals surface area (Å²) in [7, 11) is -1.86. The van der Waals surface area contributed by atoms with Crippen molar-refractivity contribution in [1.82, 2.24) is 9.29 Å². The molecule has 1 aromatic heterocycles. The van der Waals surface area contributed by atoms with Crippen LogP contribution >= 0.6 is 0 Å². The average Bonchev–Trinajstić information content (AvgIpc) is 2.47. The third-order valence-corrected chi connectivity index (χ3v) is 4.30. The van der Waals surface area contributed by atoms with Gasteiger partial charge in [0.25, 0.3) is 0 Å².